The van der Waals surface area contributed by atoms with Crippen molar-refractivity contribution in [2.45, 2.75) is 25.3 Å². The number of nitrogens with zero attached hydrogens (tertiary/aromatic N) is 4. The Morgan fingerprint density at radius 3 is 2.50 bits per heavy atom. The average molecular weight is 252 g/mol. The number of anilines is 3. The highest BCUT2D eigenvalue weighted by Crippen LogP contribution is 2.24. The van der Waals surface area contributed by atoms with Crippen LogP contribution in [-0.2, 0) is 4.74 Å². The van der Waals surface area contributed by atoms with E-state index in [-0.39, 0.29) is 11.5 Å². The maximum absolute atomic E-state index is 5.69. The quantitative estimate of drug-likeness (QED) is 0.809. The van der Waals surface area contributed by atoms with Crippen molar-refractivity contribution in [3.05, 3.63) is 0 Å². The van der Waals surface area contributed by atoms with Crippen molar-refractivity contribution >= 4 is 17.8 Å². The molecule has 0 atom stereocenters. The highest BCUT2D eigenvalue weighted by Gasteiger charge is 2.28. The van der Waals surface area contributed by atoms with Gasteiger partial charge in [-0.05, 0) is 19.8 Å². The highest BCUT2D eigenvalue weighted by atomic mass is 16.5. The van der Waals surface area contributed by atoms with Gasteiger partial charge in [0.2, 0.25) is 17.8 Å². The molecule has 1 aromatic heterocycles. The number of hydrogen-bond donors (Lipinski definition) is 2. The molecule has 100 valence electrons. The molecule has 0 radical (unpaired) electrons. The molecular weight excluding hydrogens is 232 g/mol. The first-order valence-corrected chi connectivity index (χ1v) is 6.03. The van der Waals surface area contributed by atoms with Crippen LogP contribution in [-0.4, -0.2) is 47.8 Å². The minimum Gasteiger partial charge on any atom is -0.381 e. The van der Waals surface area contributed by atoms with E-state index in [1.807, 2.05) is 14.1 Å². The molecule has 0 aliphatic carbocycles. The molecule has 0 amide bonds. The van der Waals surface area contributed by atoms with Gasteiger partial charge in [-0.2, -0.15) is 15.0 Å². The van der Waals surface area contributed by atoms with Gasteiger partial charge in [0.25, 0.3) is 0 Å². The van der Waals surface area contributed by atoms with Crippen molar-refractivity contribution in [1.29, 1.82) is 0 Å². The van der Waals surface area contributed by atoms with E-state index in [1.54, 1.807) is 4.90 Å². The fourth-order valence-corrected chi connectivity index (χ4v) is 1.85. The second-order valence-electron chi connectivity index (χ2n) is 5.01. The number of aromatic nitrogens is 3. The van der Waals surface area contributed by atoms with Crippen molar-refractivity contribution in [3.8, 4) is 0 Å². The number of rotatable bonds is 3. The molecule has 1 aromatic rings. The number of nitrogens with two attached hydrogens (primary N) is 1. The molecule has 1 saturated heterocycles. The van der Waals surface area contributed by atoms with E-state index in [1.165, 1.54) is 0 Å². The Balaban J connectivity index is 2.17. The van der Waals surface area contributed by atoms with Crippen LogP contribution in [0.5, 0.6) is 0 Å². The van der Waals surface area contributed by atoms with Gasteiger partial charge in [-0.1, -0.05) is 0 Å². The normalized spacial score (nSPS) is 18.4. The molecule has 18 heavy (non-hydrogen) atoms. The molecule has 1 aliphatic rings. The molecule has 0 aromatic carbocycles. The first-order chi connectivity index (χ1) is 8.48. The van der Waals surface area contributed by atoms with Crippen molar-refractivity contribution < 1.29 is 4.74 Å². The van der Waals surface area contributed by atoms with Crippen molar-refractivity contribution in [1.82, 2.24) is 15.0 Å². The van der Waals surface area contributed by atoms with Gasteiger partial charge < -0.3 is 20.7 Å². The third kappa shape index (κ3) is 2.98. The lowest BCUT2D eigenvalue weighted by Crippen LogP contribution is -2.41. The molecule has 3 N–H and O–H groups in total. The van der Waals surface area contributed by atoms with Crippen LogP contribution < -0.4 is 16.0 Å². The maximum atomic E-state index is 5.69. The Bertz CT molecular complexity index is 416. The number of nitrogen functional groups attached to an aromatic ring is 1. The van der Waals surface area contributed by atoms with Crippen LogP contribution in [0.3, 0.4) is 0 Å². The maximum Gasteiger partial charge on any atom is 0.231 e. The van der Waals surface area contributed by atoms with E-state index < -0.39 is 0 Å². The summed E-state index contributed by atoms with van der Waals surface area (Å²) in [6.07, 6.45) is 1.85. The highest BCUT2D eigenvalue weighted by molar-refractivity contribution is 5.42. The standard InChI is InChI=1S/C11H20N6O/c1-11(4-6-18-7-5-11)16-9-13-8(12)14-10(15-9)17(2)3/h4-7H2,1-3H3,(H3,12,13,14,15,16). The summed E-state index contributed by atoms with van der Waals surface area (Å²) in [5.74, 6) is 1.31. The van der Waals surface area contributed by atoms with Crippen LogP contribution in [0.1, 0.15) is 19.8 Å². The Morgan fingerprint density at radius 2 is 1.89 bits per heavy atom. The molecular formula is C11H20N6O. The fraction of sp³-hybridized carbons (Fsp3) is 0.727. The van der Waals surface area contributed by atoms with Crippen LogP contribution >= 0.6 is 0 Å². The van der Waals surface area contributed by atoms with Gasteiger partial charge in [0.15, 0.2) is 0 Å². The van der Waals surface area contributed by atoms with Crippen molar-refractivity contribution in [2.75, 3.05) is 43.3 Å². The monoisotopic (exact) mass is 252 g/mol. The Hall–Kier alpha value is -1.63. The molecule has 2 heterocycles. The molecule has 1 aliphatic heterocycles. The molecule has 0 unspecified atom stereocenters. The summed E-state index contributed by atoms with van der Waals surface area (Å²) in [7, 11) is 3.74. The van der Waals surface area contributed by atoms with Crippen LogP contribution in [0, 0.1) is 0 Å². The topological polar surface area (TPSA) is 89.2 Å². The first-order valence-electron chi connectivity index (χ1n) is 6.03. The van der Waals surface area contributed by atoms with Crippen molar-refractivity contribution in [3.63, 3.8) is 0 Å². The van der Waals surface area contributed by atoms with Gasteiger partial charge in [-0.25, -0.2) is 0 Å². The first kappa shape index (κ1) is 12.8. The lowest BCUT2D eigenvalue weighted by Gasteiger charge is -2.34. The van der Waals surface area contributed by atoms with Crippen LogP contribution in [0.4, 0.5) is 17.8 Å². The second kappa shape index (κ2) is 4.93. The zero-order chi connectivity index (χ0) is 13.2. The fourth-order valence-electron chi connectivity index (χ4n) is 1.85. The van der Waals surface area contributed by atoms with Gasteiger partial charge in [-0.15, -0.1) is 0 Å². The van der Waals surface area contributed by atoms with Crippen LogP contribution in [0.25, 0.3) is 0 Å². The molecule has 0 saturated carbocycles. The summed E-state index contributed by atoms with van der Waals surface area (Å²) in [5.41, 5.74) is 5.65. The summed E-state index contributed by atoms with van der Waals surface area (Å²) in [6, 6.07) is 0. The molecule has 2 rings (SSSR count). The smallest absolute Gasteiger partial charge is 0.231 e. The molecule has 0 bridgehead atoms. The summed E-state index contributed by atoms with van der Waals surface area (Å²) in [6.45, 7) is 3.65. The zero-order valence-corrected chi connectivity index (χ0v) is 11.1. The number of hydrogen-bond acceptors (Lipinski definition) is 7. The molecule has 0 spiro atoms. The van der Waals surface area contributed by atoms with Gasteiger partial charge >= 0.3 is 0 Å². The number of nitrogens with one attached hydrogen (secondary N) is 1. The zero-order valence-electron chi connectivity index (χ0n) is 11.1. The van der Waals surface area contributed by atoms with E-state index >= 15 is 0 Å². The van der Waals surface area contributed by atoms with Gasteiger partial charge in [0.1, 0.15) is 0 Å². The lowest BCUT2D eigenvalue weighted by atomic mass is 9.93. The Morgan fingerprint density at radius 1 is 1.22 bits per heavy atom. The number of ether oxygens (including phenoxy) is 1. The summed E-state index contributed by atoms with van der Waals surface area (Å²) < 4.78 is 5.36. The second-order valence-corrected chi connectivity index (χ2v) is 5.01. The average Bonchev–Trinajstić information content (AvgIpc) is 2.28. The van der Waals surface area contributed by atoms with E-state index in [4.69, 9.17) is 10.5 Å². The Labute approximate surface area is 107 Å². The van der Waals surface area contributed by atoms with E-state index in [9.17, 15) is 0 Å². The van der Waals surface area contributed by atoms with Gasteiger partial charge in [0.05, 0.1) is 0 Å². The molecule has 7 nitrogen and oxygen atoms in total. The van der Waals surface area contributed by atoms with E-state index in [0.29, 0.717) is 11.9 Å². The molecule has 1 fully saturated rings. The van der Waals surface area contributed by atoms with E-state index in [2.05, 4.69) is 27.2 Å². The summed E-state index contributed by atoms with van der Waals surface area (Å²) in [4.78, 5) is 14.3. The largest absolute Gasteiger partial charge is 0.381 e. The Kier molecular flexibility index (Phi) is 3.51. The predicted octanol–water partition coefficient (Wildman–Crippen LogP) is 0.501. The third-order valence-electron chi connectivity index (χ3n) is 3.05. The SMILES string of the molecule is CN(C)c1nc(N)nc(NC2(C)CCOCC2)n1. The van der Waals surface area contributed by atoms with Crippen molar-refractivity contribution in [2.24, 2.45) is 0 Å². The minimum atomic E-state index is -0.0460. The van der Waals surface area contributed by atoms with E-state index in [0.717, 1.165) is 26.1 Å². The van der Waals surface area contributed by atoms with Gasteiger partial charge in [0, 0.05) is 32.8 Å². The molecule has 7 heteroatoms. The van der Waals surface area contributed by atoms with Gasteiger partial charge in [-0.3, -0.25) is 0 Å². The summed E-state index contributed by atoms with van der Waals surface area (Å²) in [5, 5.41) is 3.34. The predicted molar refractivity (Wildman–Crippen MR) is 70.6 cm³/mol. The third-order valence-corrected chi connectivity index (χ3v) is 3.05. The minimum absolute atomic E-state index is 0.0460. The summed E-state index contributed by atoms with van der Waals surface area (Å²) >= 11 is 0. The van der Waals surface area contributed by atoms with Crippen LogP contribution in [0.15, 0.2) is 0 Å². The van der Waals surface area contributed by atoms with Crippen LogP contribution in [0.2, 0.25) is 0 Å². The lowest BCUT2D eigenvalue weighted by molar-refractivity contribution is 0.0656.